The molecule has 3 nitrogen and oxygen atoms in total. The van der Waals surface area contributed by atoms with Crippen LogP contribution < -0.4 is 15.7 Å². The second-order valence-electron chi connectivity index (χ2n) is 9.12. The molecular weight excluding hydrogens is 493 g/mol. The molecule has 1 N–H and O–H groups in total. The van der Waals surface area contributed by atoms with Crippen molar-refractivity contribution in [1.29, 1.82) is 0 Å². The summed E-state index contributed by atoms with van der Waals surface area (Å²) in [6.07, 6.45) is 7.07. The van der Waals surface area contributed by atoms with Gasteiger partial charge in [-0.25, -0.2) is 0 Å². The summed E-state index contributed by atoms with van der Waals surface area (Å²) in [4.78, 5) is 12.4. The van der Waals surface area contributed by atoms with Crippen LogP contribution in [0.4, 0.5) is 0 Å². The molecule has 0 radical (unpaired) electrons. The maximum atomic E-state index is 12.4. The molecule has 1 atom stereocenters. The van der Waals surface area contributed by atoms with Crippen LogP contribution >= 0.6 is 34.8 Å². The van der Waals surface area contributed by atoms with Crippen LogP contribution in [0.1, 0.15) is 47.0 Å². The van der Waals surface area contributed by atoms with Gasteiger partial charge in [-0.1, -0.05) is 148 Å². The third-order valence-corrected chi connectivity index (χ3v) is 11.1. The Hall–Kier alpha value is -1.30. The van der Waals surface area contributed by atoms with Gasteiger partial charge in [-0.2, -0.15) is 0 Å². The molecule has 0 spiro atoms. The number of benzene rings is 2. The SMILES string of the molecule is CCCC/C=C/[C@@H](CO[Si](c1ccccc1)(c1ccccc1)C(C)(C)C)NC(=O)C(Cl)(Cl)Cl. The molecule has 0 aliphatic heterocycles. The first kappa shape index (κ1) is 27.9. The Kier molecular flexibility index (Phi) is 10.5. The highest BCUT2D eigenvalue weighted by molar-refractivity contribution is 6.99. The van der Waals surface area contributed by atoms with Crippen LogP contribution in [0.25, 0.3) is 0 Å². The van der Waals surface area contributed by atoms with E-state index in [9.17, 15) is 4.79 Å². The lowest BCUT2D eigenvalue weighted by atomic mass is 10.2. The zero-order valence-corrected chi connectivity index (χ0v) is 23.1. The summed E-state index contributed by atoms with van der Waals surface area (Å²) in [5, 5.41) is 5.00. The number of rotatable bonds is 10. The van der Waals surface area contributed by atoms with E-state index in [0.29, 0.717) is 0 Å². The lowest BCUT2D eigenvalue weighted by Crippen LogP contribution is -2.67. The molecule has 7 heteroatoms. The molecule has 1 amide bonds. The van der Waals surface area contributed by atoms with Crippen LogP contribution in [0, 0.1) is 0 Å². The van der Waals surface area contributed by atoms with Crippen molar-refractivity contribution in [2.75, 3.05) is 6.61 Å². The molecule has 0 saturated carbocycles. The van der Waals surface area contributed by atoms with Gasteiger partial charge >= 0.3 is 0 Å². The Morgan fingerprint density at radius 2 is 1.52 bits per heavy atom. The first-order chi connectivity index (χ1) is 15.5. The van der Waals surface area contributed by atoms with E-state index in [1.807, 2.05) is 42.5 Å². The van der Waals surface area contributed by atoms with Crippen LogP contribution in [0.2, 0.25) is 5.04 Å². The standard InChI is InChI=1S/C26H34Cl3NO2Si/c1-5-6-7-10-15-21(30-24(31)26(27,28)29)20-32-33(25(2,3)4,22-16-11-8-12-17-22)23-18-13-9-14-19-23/h8-19,21H,5-7,20H2,1-4H3,(H,30,31)/b15-10+/t21-/m0/s1. The van der Waals surface area contributed by atoms with Crippen molar-refractivity contribution in [3.8, 4) is 0 Å². The summed E-state index contributed by atoms with van der Waals surface area (Å²) in [5.41, 5.74) is 0. The number of hydrogen-bond donors (Lipinski definition) is 1. The number of unbranched alkanes of at least 4 members (excludes halogenated alkanes) is 2. The number of carbonyl (C=O) groups excluding carboxylic acids is 1. The minimum Gasteiger partial charge on any atom is -0.405 e. The predicted molar refractivity (Wildman–Crippen MR) is 144 cm³/mol. The molecule has 0 aromatic heterocycles. The average Bonchev–Trinajstić information content (AvgIpc) is 2.76. The van der Waals surface area contributed by atoms with Crippen LogP contribution in [-0.4, -0.2) is 30.7 Å². The number of amides is 1. The van der Waals surface area contributed by atoms with Crippen molar-refractivity contribution >= 4 is 59.4 Å². The maximum absolute atomic E-state index is 12.4. The quantitative estimate of drug-likeness (QED) is 0.174. The average molecular weight is 527 g/mol. The van der Waals surface area contributed by atoms with Crippen LogP contribution in [0.15, 0.2) is 72.8 Å². The van der Waals surface area contributed by atoms with E-state index in [1.54, 1.807) is 0 Å². The zero-order chi connectivity index (χ0) is 24.5. The summed E-state index contributed by atoms with van der Waals surface area (Å²) < 4.78 is 4.91. The Labute approximate surface area is 214 Å². The summed E-state index contributed by atoms with van der Waals surface area (Å²) in [5.74, 6) is -0.663. The topological polar surface area (TPSA) is 38.3 Å². The smallest absolute Gasteiger partial charge is 0.272 e. The summed E-state index contributed by atoms with van der Waals surface area (Å²) in [6.45, 7) is 9.05. The molecule has 2 aromatic carbocycles. The number of halogens is 3. The van der Waals surface area contributed by atoms with Crippen molar-refractivity contribution in [1.82, 2.24) is 5.32 Å². The number of carbonyl (C=O) groups is 1. The van der Waals surface area contributed by atoms with Crippen LogP contribution in [-0.2, 0) is 9.22 Å². The van der Waals surface area contributed by atoms with Crippen molar-refractivity contribution < 1.29 is 9.22 Å². The van der Waals surface area contributed by atoms with E-state index in [4.69, 9.17) is 39.2 Å². The van der Waals surface area contributed by atoms with Gasteiger partial charge < -0.3 is 9.74 Å². The van der Waals surface area contributed by atoms with Gasteiger partial charge in [0.2, 0.25) is 0 Å². The second kappa shape index (κ2) is 12.4. The molecule has 0 bridgehead atoms. The highest BCUT2D eigenvalue weighted by Crippen LogP contribution is 2.37. The summed E-state index contributed by atoms with van der Waals surface area (Å²) in [6, 6.07) is 20.3. The van der Waals surface area contributed by atoms with Gasteiger partial charge in [-0.15, -0.1) is 0 Å². The Balaban J connectivity index is 2.46. The van der Waals surface area contributed by atoms with Gasteiger partial charge in [0.25, 0.3) is 18.0 Å². The van der Waals surface area contributed by atoms with E-state index < -0.39 is 24.1 Å². The highest BCUT2D eigenvalue weighted by atomic mass is 35.6. The Morgan fingerprint density at radius 3 is 1.94 bits per heavy atom. The molecular formula is C26H34Cl3NO2Si. The fourth-order valence-electron chi connectivity index (χ4n) is 3.95. The fourth-order valence-corrected chi connectivity index (χ4v) is 8.70. The highest BCUT2D eigenvalue weighted by Gasteiger charge is 2.50. The largest absolute Gasteiger partial charge is 0.405 e. The molecule has 0 unspecified atom stereocenters. The molecule has 0 saturated heterocycles. The van der Waals surface area contributed by atoms with Gasteiger partial charge in [0.15, 0.2) is 0 Å². The Morgan fingerprint density at radius 1 is 1.00 bits per heavy atom. The fraction of sp³-hybridized carbons (Fsp3) is 0.423. The van der Waals surface area contributed by atoms with Crippen molar-refractivity contribution in [2.45, 2.75) is 61.8 Å². The minimum atomic E-state index is -2.75. The summed E-state index contributed by atoms with van der Waals surface area (Å²) in [7, 11) is -2.75. The van der Waals surface area contributed by atoms with Crippen molar-refractivity contribution in [3.05, 3.63) is 72.8 Å². The first-order valence-corrected chi connectivity index (χ1v) is 14.4. The number of nitrogens with one attached hydrogen (secondary N) is 1. The predicted octanol–water partition coefficient (Wildman–Crippen LogP) is 6.16. The number of alkyl halides is 3. The van der Waals surface area contributed by atoms with Crippen molar-refractivity contribution in [2.24, 2.45) is 0 Å². The lowest BCUT2D eigenvalue weighted by molar-refractivity contribution is -0.120. The lowest BCUT2D eigenvalue weighted by Gasteiger charge is -2.43. The first-order valence-electron chi connectivity index (χ1n) is 11.3. The molecule has 2 aromatic rings. The number of allylic oxidation sites excluding steroid dienone is 1. The van der Waals surface area contributed by atoms with Gasteiger partial charge in [0, 0.05) is 0 Å². The molecule has 2 rings (SSSR count). The van der Waals surface area contributed by atoms with Crippen molar-refractivity contribution in [3.63, 3.8) is 0 Å². The van der Waals surface area contributed by atoms with E-state index in [-0.39, 0.29) is 11.6 Å². The summed E-state index contributed by atoms with van der Waals surface area (Å²) >= 11 is 17.5. The number of hydrogen-bond acceptors (Lipinski definition) is 2. The zero-order valence-electron chi connectivity index (χ0n) is 19.8. The Bertz CT molecular complexity index is 854. The van der Waals surface area contributed by atoms with Gasteiger partial charge in [0.05, 0.1) is 12.6 Å². The van der Waals surface area contributed by atoms with E-state index in [1.165, 1.54) is 10.4 Å². The van der Waals surface area contributed by atoms with E-state index in [2.05, 4.69) is 63.4 Å². The minimum absolute atomic E-state index is 0.175. The van der Waals surface area contributed by atoms with E-state index in [0.717, 1.165) is 19.3 Å². The van der Waals surface area contributed by atoms with Gasteiger partial charge in [-0.3, -0.25) is 4.79 Å². The van der Waals surface area contributed by atoms with Gasteiger partial charge in [-0.05, 0) is 21.8 Å². The third-order valence-electron chi connectivity index (χ3n) is 5.56. The van der Waals surface area contributed by atoms with Crippen LogP contribution in [0.3, 0.4) is 0 Å². The maximum Gasteiger partial charge on any atom is 0.272 e. The monoisotopic (exact) mass is 525 g/mol. The molecule has 0 aliphatic rings. The second-order valence-corrected chi connectivity index (χ2v) is 15.7. The van der Waals surface area contributed by atoms with Gasteiger partial charge in [0.1, 0.15) is 0 Å². The van der Waals surface area contributed by atoms with Crippen LogP contribution in [0.5, 0.6) is 0 Å². The molecule has 0 heterocycles. The molecule has 180 valence electrons. The van der Waals surface area contributed by atoms with E-state index >= 15 is 0 Å². The molecule has 0 fully saturated rings. The molecule has 33 heavy (non-hydrogen) atoms. The normalized spacial score (nSPS) is 13.8. The molecule has 0 aliphatic carbocycles. The third kappa shape index (κ3) is 7.59.